The number of likely N-dealkylation sites (tertiary alicyclic amines) is 1. The van der Waals surface area contributed by atoms with Crippen LogP contribution in [0.1, 0.15) is 63.6 Å². The van der Waals surface area contributed by atoms with Gasteiger partial charge in [-0.3, -0.25) is 24.5 Å². The summed E-state index contributed by atoms with van der Waals surface area (Å²) in [6, 6.07) is 8.18. The van der Waals surface area contributed by atoms with E-state index in [1.54, 1.807) is 28.1 Å². The first-order chi connectivity index (χ1) is 28.7. The SMILES string of the molecule is O=C(O)C[N+]1(CC2CNC2)CCC(C(=O)N2CCN(C(=O)c3ccc(NC(=O)c4ncc(Cc5c(C(F)(F)F)n[nH]c5-c5ccc(NC6CC6)cn5)[nH]4)cc3Cl)CC2)CC1. The lowest BCUT2D eigenvalue weighted by Gasteiger charge is -2.46. The number of nitrogens with zero attached hydrogens (tertiary/aromatic N) is 6. The van der Waals surface area contributed by atoms with E-state index in [4.69, 9.17) is 11.6 Å². The number of aliphatic carboxylic acids is 1. The van der Waals surface area contributed by atoms with Crippen LogP contribution in [0, 0.1) is 11.8 Å². The van der Waals surface area contributed by atoms with Crippen LogP contribution >= 0.6 is 11.6 Å². The molecule has 0 radical (unpaired) electrons. The van der Waals surface area contributed by atoms with Crippen LogP contribution in [-0.2, 0) is 22.2 Å². The highest BCUT2D eigenvalue weighted by Gasteiger charge is 2.42. The van der Waals surface area contributed by atoms with Crippen molar-refractivity contribution in [1.29, 1.82) is 0 Å². The number of rotatable bonds is 13. The lowest BCUT2D eigenvalue weighted by atomic mass is 9.90. The summed E-state index contributed by atoms with van der Waals surface area (Å²) in [5, 5.41) is 24.9. The highest BCUT2D eigenvalue weighted by molar-refractivity contribution is 6.34. The van der Waals surface area contributed by atoms with Gasteiger partial charge in [0.2, 0.25) is 5.91 Å². The van der Waals surface area contributed by atoms with Gasteiger partial charge in [-0.05, 0) is 43.2 Å². The Bertz CT molecular complexity index is 2240. The number of benzene rings is 1. The first-order valence-electron chi connectivity index (χ1n) is 20.1. The second kappa shape index (κ2) is 16.8. The number of carbonyl (C=O) groups excluding carboxylic acids is 3. The number of alkyl halides is 3. The van der Waals surface area contributed by atoms with E-state index in [9.17, 15) is 37.5 Å². The molecule has 0 spiro atoms. The minimum Gasteiger partial charge on any atom is -0.477 e. The molecule has 0 unspecified atom stereocenters. The molecule has 4 aliphatic rings. The molecule has 0 bridgehead atoms. The van der Waals surface area contributed by atoms with E-state index in [1.807, 2.05) is 0 Å². The van der Waals surface area contributed by atoms with E-state index in [-0.39, 0.29) is 75.4 Å². The molecule has 3 saturated heterocycles. The number of piperazine rings is 1. The monoisotopic (exact) mass is 852 g/mol. The van der Waals surface area contributed by atoms with Gasteiger partial charge in [0, 0.05) is 99.6 Å². The van der Waals surface area contributed by atoms with Gasteiger partial charge in [-0.25, -0.2) is 9.78 Å². The summed E-state index contributed by atoms with van der Waals surface area (Å²) in [5.41, 5.74) is 0.597. The van der Waals surface area contributed by atoms with Crippen LogP contribution in [0.5, 0.6) is 0 Å². The van der Waals surface area contributed by atoms with Crippen molar-refractivity contribution < 1.29 is 41.9 Å². The Kier molecular flexibility index (Phi) is 11.6. The first kappa shape index (κ1) is 41.2. The molecule has 4 aromatic rings. The lowest BCUT2D eigenvalue weighted by molar-refractivity contribution is -0.929. The van der Waals surface area contributed by atoms with Crippen LogP contribution < -0.4 is 16.0 Å². The van der Waals surface area contributed by atoms with Crippen molar-refractivity contribution in [3.63, 3.8) is 0 Å². The van der Waals surface area contributed by atoms with E-state index < -0.39 is 23.7 Å². The number of halogens is 4. The average molecular weight is 853 g/mol. The number of piperidine rings is 1. The van der Waals surface area contributed by atoms with Crippen LogP contribution in [0.15, 0.2) is 42.7 Å². The minimum atomic E-state index is -4.75. The van der Waals surface area contributed by atoms with Crippen LogP contribution in [0.3, 0.4) is 0 Å². The Morgan fingerprint density at radius 3 is 2.27 bits per heavy atom. The quantitative estimate of drug-likeness (QED) is 0.106. The number of hydrogen-bond donors (Lipinski definition) is 6. The van der Waals surface area contributed by atoms with E-state index in [1.165, 1.54) is 24.4 Å². The topological polar surface area (TPSA) is 201 Å². The molecule has 8 rings (SSSR count). The fourth-order valence-electron chi connectivity index (χ4n) is 8.42. The molecule has 318 valence electrons. The van der Waals surface area contributed by atoms with Gasteiger partial charge < -0.3 is 40.3 Å². The summed E-state index contributed by atoms with van der Waals surface area (Å²) in [6.45, 7) is 5.33. The summed E-state index contributed by atoms with van der Waals surface area (Å²) >= 11 is 6.55. The number of hydrogen-bond acceptors (Lipinski definition) is 9. The normalized spacial score (nSPS) is 21.0. The van der Waals surface area contributed by atoms with Gasteiger partial charge >= 0.3 is 12.1 Å². The maximum atomic E-state index is 14.0. The van der Waals surface area contributed by atoms with Crippen molar-refractivity contribution in [2.45, 2.75) is 44.3 Å². The summed E-state index contributed by atoms with van der Waals surface area (Å²) in [7, 11) is 0. The molecule has 1 aromatic carbocycles. The van der Waals surface area contributed by atoms with Crippen LogP contribution in [0.4, 0.5) is 24.5 Å². The van der Waals surface area contributed by atoms with E-state index >= 15 is 0 Å². The van der Waals surface area contributed by atoms with Crippen molar-refractivity contribution in [2.24, 2.45) is 11.8 Å². The number of carbonyl (C=O) groups is 4. The molecular formula is C40H46ClF3N11O5+. The molecule has 3 aromatic heterocycles. The Balaban J connectivity index is 0.847. The second-order valence-corrected chi connectivity index (χ2v) is 16.7. The molecule has 16 nitrogen and oxygen atoms in total. The molecular weight excluding hydrogens is 807 g/mol. The van der Waals surface area contributed by atoms with Crippen LogP contribution in [-0.4, -0.2) is 140 Å². The molecule has 4 fully saturated rings. The number of amides is 3. The Morgan fingerprint density at radius 1 is 0.933 bits per heavy atom. The van der Waals surface area contributed by atoms with E-state index in [0.29, 0.717) is 68.6 Å². The van der Waals surface area contributed by atoms with Crippen molar-refractivity contribution in [1.82, 2.24) is 40.3 Å². The molecule has 6 N–H and O–H groups in total. The molecule has 3 aliphatic heterocycles. The number of carboxylic acids is 1. The maximum Gasteiger partial charge on any atom is 0.435 e. The molecule has 6 heterocycles. The summed E-state index contributed by atoms with van der Waals surface area (Å²) in [4.78, 5) is 66.5. The fraction of sp³-hybridized carbons (Fsp3) is 0.475. The van der Waals surface area contributed by atoms with Crippen molar-refractivity contribution in [2.75, 3.05) is 76.1 Å². The van der Waals surface area contributed by atoms with E-state index in [2.05, 4.69) is 41.1 Å². The Morgan fingerprint density at radius 2 is 1.65 bits per heavy atom. The first-order valence-corrected chi connectivity index (χ1v) is 20.5. The third-order valence-corrected chi connectivity index (χ3v) is 12.2. The van der Waals surface area contributed by atoms with Gasteiger partial charge in [0.25, 0.3) is 11.8 Å². The highest BCUT2D eigenvalue weighted by Crippen LogP contribution is 2.36. The number of imidazole rings is 1. The highest BCUT2D eigenvalue weighted by atomic mass is 35.5. The zero-order valence-electron chi connectivity index (χ0n) is 32.7. The third-order valence-electron chi connectivity index (χ3n) is 11.9. The fourth-order valence-corrected chi connectivity index (χ4v) is 8.69. The van der Waals surface area contributed by atoms with Crippen LogP contribution in [0.25, 0.3) is 11.4 Å². The predicted octanol–water partition coefficient (Wildman–Crippen LogP) is 4.10. The second-order valence-electron chi connectivity index (χ2n) is 16.3. The van der Waals surface area contributed by atoms with Crippen molar-refractivity contribution in [3.05, 3.63) is 76.1 Å². The Labute approximate surface area is 347 Å². The standard InChI is InChI=1S/C40H45ClF3N11O5/c41-31-16-26(3-5-29(31)39(60)54-11-9-53(10-12-54)38(59)24-7-13-55(14-8-24,22-33(56)57)21-23-17-45-18-23)50-37(58)36-47-20-28(49-36)15-30-34(51-52-35(30)40(42,43)44)32-6-4-27(19-46-32)48-25-1-2-25/h3-6,16,19-20,23-25,45H,1-2,7-15,17-18,21-22H2,(H4-,46,47,48,49,50,51,52,56,57,58,60)/p+1. The molecule has 60 heavy (non-hydrogen) atoms. The largest absolute Gasteiger partial charge is 0.477 e. The van der Waals surface area contributed by atoms with Gasteiger partial charge in [-0.1, -0.05) is 11.6 Å². The number of quaternary nitrogens is 1. The molecule has 1 saturated carbocycles. The van der Waals surface area contributed by atoms with Crippen LogP contribution in [0.2, 0.25) is 5.02 Å². The number of aromatic amines is 2. The van der Waals surface area contributed by atoms with Crippen molar-refractivity contribution >= 4 is 46.7 Å². The smallest absolute Gasteiger partial charge is 0.435 e. The number of carboxylic acid groups (broad SMARTS) is 1. The van der Waals surface area contributed by atoms with Gasteiger partial charge in [-0.2, -0.15) is 18.3 Å². The molecule has 3 amide bonds. The molecule has 20 heteroatoms. The van der Waals surface area contributed by atoms with Gasteiger partial charge in [0.1, 0.15) is 0 Å². The van der Waals surface area contributed by atoms with Gasteiger partial charge in [0.05, 0.1) is 53.5 Å². The molecule has 1 aliphatic carbocycles. The van der Waals surface area contributed by atoms with E-state index in [0.717, 1.165) is 38.2 Å². The summed E-state index contributed by atoms with van der Waals surface area (Å²) in [6.07, 6.45) is 1.19. The molecule has 0 atom stereocenters. The lowest BCUT2D eigenvalue weighted by Crippen LogP contribution is -2.62. The van der Waals surface area contributed by atoms with Gasteiger partial charge in [-0.15, -0.1) is 0 Å². The van der Waals surface area contributed by atoms with Gasteiger partial charge in [0.15, 0.2) is 18.1 Å². The number of anilines is 2. The summed E-state index contributed by atoms with van der Waals surface area (Å²) in [5.74, 6) is -1.65. The average Bonchev–Trinajstić information content (AvgIpc) is 3.71. The number of H-pyrrole nitrogens is 2. The predicted molar refractivity (Wildman–Crippen MR) is 213 cm³/mol. The van der Waals surface area contributed by atoms with Crippen molar-refractivity contribution in [3.8, 4) is 11.4 Å². The number of aromatic nitrogens is 5. The zero-order chi connectivity index (χ0) is 42.2. The number of nitrogens with one attached hydrogen (secondary N) is 5. The minimum absolute atomic E-state index is 0.0411. The maximum absolute atomic E-state index is 14.0. The third kappa shape index (κ3) is 9.27. The Hall–Kier alpha value is -5.53. The zero-order valence-corrected chi connectivity index (χ0v) is 33.4. The summed E-state index contributed by atoms with van der Waals surface area (Å²) < 4.78 is 42.5. The number of pyridine rings is 1.